The van der Waals surface area contributed by atoms with Crippen molar-refractivity contribution in [2.24, 2.45) is 0 Å². The fraction of sp³-hybridized carbons (Fsp3) is 0.250. The van der Waals surface area contributed by atoms with E-state index in [9.17, 15) is 4.79 Å². The van der Waals surface area contributed by atoms with Crippen LogP contribution in [0, 0.1) is 0 Å². The monoisotopic (exact) mass is 372 g/mol. The molecule has 1 aliphatic rings. The van der Waals surface area contributed by atoms with Crippen LogP contribution in [0.15, 0.2) is 72.8 Å². The third-order valence-electron chi connectivity index (χ3n) is 5.22. The molecule has 4 nitrogen and oxygen atoms in total. The van der Waals surface area contributed by atoms with Gasteiger partial charge < -0.3 is 9.64 Å². The smallest absolute Gasteiger partial charge is 0.254 e. The number of likely N-dealkylation sites (tertiary alicyclic amines) is 1. The molecule has 142 valence electrons. The van der Waals surface area contributed by atoms with Crippen LogP contribution in [0.2, 0.25) is 0 Å². The van der Waals surface area contributed by atoms with E-state index in [0.29, 0.717) is 0 Å². The van der Waals surface area contributed by atoms with Gasteiger partial charge in [-0.05, 0) is 54.8 Å². The van der Waals surface area contributed by atoms with E-state index in [1.54, 1.807) is 7.11 Å². The van der Waals surface area contributed by atoms with E-state index >= 15 is 0 Å². The highest BCUT2D eigenvalue weighted by Gasteiger charge is 2.31. The quantitative estimate of drug-likeness (QED) is 0.654. The lowest BCUT2D eigenvalue weighted by atomic mass is 10.1. The van der Waals surface area contributed by atoms with Crippen LogP contribution >= 0.6 is 0 Å². The topological polar surface area (TPSA) is 42.4 Å². The molecule has 1 saturated heterocycles. The highest BCUT2D eigenvalue weighted by molar-refractivity contribution is 5.94. The van der Waals surface area contributed by atoms with Crippen LogP contribution in [0.25, 0.3) is 0 Å². The number of hydrogen-bond donors (Lipinski definition) is 0. The van der Waals surface area contributed by atoms with E-state index in [0.717, 1.165) is 54.1 Å². The Labute approximate surface area is 165 Å². The predicted molar refractivity (Wildman–Crippen MR) is 109 cm³/mol. The Morgan fingerprint density at radius 3 is 2.71 bits per heavy atom. The Morgan fingerprint density at radius 1 is 1.07 bits per heavy atom. The van der Waals surface area contributed by atoms with Crippen molar-refractivity contribution in [2.75, 3.05) is 13.7 Å². The fourth-order valence-electron chi connectivity index (χ4n) is 3.84. The van der Waals surface area contributed by atoms with Gasteiger partial charge in [-0.15, -0.1) is 0 Å². The molecule has 1 aromatic heterocycles. The third-order valence-corrected chi connectivity index (χ3v) is 5.22. The molecule has 4 rings (SSSR count). The molecule has 1 atom stereocenters. The average Bonchev–Trinajstić information content (AvgIpc) is 3.24. The summed E-state index contributed by atoms with van der Waals surface area (Å²) in [5.74, 6) is 0.937. The first-order chi connectivity index (χ1) is 13.7. The standard InChI is InChI=1S/C24H24N2O2/c1-28-21-12-5-8-18(17-21)16-20-11-6-13-22(25-20)23-14-7-15-26(23)24(27)19-9-3-2-4-10-19/h2-6,8-13,17,23H,7,14-16H2,1H3/t23-/m1/s1. The van der Waals surface area contributed by atoms with Crippen LogP contribution in [0.3, 0.4) is 0 Å². The minimum atomic E-state index is 0.0398. The Hall–Kier alpha value is -3.14. The maximum absolute atomic E-state index is 13.0. The second kappa shape index (κ2) is 8.26. The van der Waals surface area contributed by atoms with Gasteiger partial charge in [-0.25, -0.2) is 0 Å². The van der Waals surface area contributed by atoms with Crippen molar-refractivity contribution in [1.29, 1.82) is 0 Å². The van der Waals surface area contributed by atoms with Crippen molar-refractivity contribution in [2.45, 2.75) is 25.3 Å². The summed E-state index contributed by atoms with van der Waals surface area (Å²) < 4.78 is 5.32. The maximum atomic E-state index is 13.0. The number of pyridine rings is 1. The van der Waals surface area contributed by atoms with E-state index < -0.39 is 0 Å². The lowest BCUT2D eigenvalue weighted by molar-refractivity contribution is 0.0733. The van der Waals surface area contributed by atoms with E-state index in [-0.39, 0.29) is 11.9 Å². The molecule has 0 radical (unpaired) electrons. The van der Waals surface area contributed by atoms with E-state index in [4.69, 9.17) is 9.72 Å². The van der Waals surface area contributed by atoms with Gasteiger partial charge in [-0.2, -0.15) is 0 Å². The van der Waals surface area contributed by atoms with Crippen LogP contribution in [-0.4, -0.2) is 29.4 Å². The molecule has 0 unspecified atom stereocenters. The van der Waals surface area contributed by atoms with Crippen LogP contribution in [0.5, 0.6) is 5.75 Å². The van der Waals surface area contributed by atoms with Crippen LogP contribution in [-0.2, 0) is 6.42 Å². The van der Waals surface area contributed by atoms with Crippen LogP contribution < -0.4 is 4.74 Å². The molecule has 3 aromatic rings. The zero-order valence-corrected chi connectivity index (χ0v) is 16.0. The number of methoxy groups -OCH3 is 1. The molecule has 28 heavy (non-hydrogen) atoms. The van der Waals surface area contributed by atoms with Gasteiger partial charge >= 0.3 is 0 Å². The summed E-state index contributed by atoms with van der Waals surface area (Å²) in [7, 11) is 1.68. The van der Waals surface area contributed by atoms with Gasteiger partial charge in [0.05, 0.1) is 18.8 Å². The SMILES string of the molecule is COc1cccc(Cc2cccc([C@H]3CCCN3C(=O)c3ccccc3)n2)c1. The first kappa shape index (κ1) is 18.2. The summed E-state index contributed by atoms with van der Waals surface area (Å²) in [4.78, 5) is 19.8. The molecule has 4 heteroatoms. The Kier molecular flexibility index (Phi) is 5.38. The normalized spacial score (nSPS) is 16.2. The van der Waals surface area contributed by atoms with Gasteiger partial charge in [-0.1, -0.05) is 36.4 Å². The largest absolute Gasteiger partial charge is 0.497 e. The summed E-state index contributed by atoms with van der Waals surface area (Å²) in [6.07, 6.45) is 2.70. The third kappa shape index (κ3) is 3.91. The molecule has 1 amide bonds. The minimum absolute atomic E-state index is 0.0398. The van der Waals surface area contributed by atoms with Gasteiger partial charge in [0.25, 0.3) is 5.91 Å². The van der Waals surface area contributed by atoms with Crippen molar-refractivity contribution in [3.05, 3.63) is 95.3 Å². The van der Waals surface area contributed by atoms with Crippen molar-refractivity contribution in [3.63, 3.8) is 0 Å². The van der Waals surface area contributed by atoms with Crippen LogP contribution in [0.4, 0.5) is 0 Å². The van der Waals surface area contributed by atoms with Crippen LogP contribution in [0.1, 0.15) is 46.2 Å². The highest BCUT2D eigenvalue weighted by Crippen LogP contribution is 2.32. The first-order valence-corrected chi connectivity index (χ1v) is 9.69. The van der Waals surface area contributed by atoms with E-state index in [2.05, 4.69) is 6.07 Å². The van der Waals surface area contributed by atoms with Crippen molar-refractivity contribution >= 4 is 5.91 Å². The van der Waals surface area contributed by atoms with Crippen molar-refractivity contribution in [3.8, 4) is 5.75 Å². The predicted octanol–water partition coefficient (Wildman–Crippen LogP) is 4.66. The minimum Gasteiger partial charge on any atom is -0.497 e. The van der Waals surface area contributed by atoms with Crippen molar-refractivity contribution < 1.29 is 9.53 Å². The van der Waals surface area contributed by atoms with Gasteiger partial charge in [0, 0.05) is 24.2 Å². The lowest BCUT2D eigenvalue weighted by Gasteiger charge is -2.25. The molecule has 0 bridgehead atoms. The van der Waals surface area contributed by atoms with Gasteiger partial charge in [0.2, 0.25) is 0 Å². The number of aromatic nitrogens is 1. The molecular weight excluding hydrogens is 348 g/mol. The zero-order chi connectivity index (χ0) is 19.3. The Bertz CT molecular complexity index is 956. The maximum Gasteiger partial charge on any atom is 0.254 e. The van der Waals surface area contributed by atoms with E-state index in [1.165, 1.54) is 0 Å². The molecule has 1 fully saturated rings. The number of amides is 1. The molecule has 0 spiro atoms. The average molecular weight is 372 g/mol. The van der Waals surface area contributed by atoms with Gasteiger partial charge in [0.1, 0.15) is 5.75 Å². The second-order valence-electron chi connectivity index (χ2n) is 7.10. The molecule has 2 heterocycles. The zero-order valence-electron chi connectivity index (χ0n) is 16.0. The molecule has 0 saturated carbocycles. The Morgan fingerprint density at radius 2 is 1.89 bits per heavy atom. The lowest BCUT2D eigenvalue weighted by Crippen LogP contribution is -2.31. The number of benzene rings is 2. The summed E-state index contributed by atoms with van der Waals surface area (Å²) in [5, 5.41) is 0. The number of nitrogens with zero attached hydrogens (tertiary/aromatic N) is 2. The molecule has 0 aliphatic carbocycles. The molecule has 2 aromatic carbocycles. The summed E-state index contributed by atoms with van der Waals surface area (Å²) in [6.45, 7) is 0.778. The Balaban J connectivity index is 1.55. The molecule has 1 aliphatic heterocycles. The summed E-state index contributed by atoms with van der Waals surface area (Å²) in [5.41, 5.74) is 3.88. The fourth-order valence-corrected chi connectivity index (χ4v) is 3.84. The number of hydrogen-bond acceptors (Lipinski definition) is 3. The second-order valence-corrected chi connectivity index (χ2v) is 7.10. The van der Waals surface area contributed by atoms with Crippen molar-refractivity contribution in [1.82, 2.24) is 9.88 Å². The molecule has 0 N–H and O–H groups in total. The highest BCUT2D eigenvalue weighted by atomic mass is 16.5. The number of rotatable bonds is 5. The summed E-state index contributed by atoms with van der Waals surface area (Å²) in [6, 6.07) is 23.7. The number of ether oxygens (including phenoxy) is 1. The first-order valence-electron chi connectivity index (χ1n) is 9.69. The van der Waals surface area contributed by atoms with Gasteiger partial charge in [-0.3, -0.25) is 9.78 Å². The number of carbonyl (C=O) groups excluding carboxylic acids is 1. The summed E-state index contributed by atoms with van der Waals surface area (Å²) >= 11 is 0. The van der Waals surface area contributed by atoms with E-state index in [1.807, 2.05) is 71.6 Å². The molecular formula is C24H24N2O2. The van der Waals surface area contributed by atoms with Gasteiger partial charge in [0.15, 0.2) is 0 Å². The number of carbonyl (C=O) groups is 1.